The predicted molar refractivity (Wildman–Crippen MR) is 108 cm³/mol. The molecule has 0 heterocycles. The van der Waals surface area contributed by atoms with Crippen LogP contribution in [0.15, 0.2) is 84.9 Å². The minimum atomic E-state index is -0.778. The molecule has 6 nitrogen and oxygen atoms in total. The molecule has 0 saturated heterocycles. The monoisotopic (exact) mass is 375 g/mol. The van der Waals surface area contributed by atoms with Crippen molar-refractivity contribution in [1.82, 2.24) is 5.32 Å². The summed E-state index contributed by atoms with van der Waals surface area (Å²) in [6, 6.07) is 24.3. The van der Waals surface area contributed by atoms with Crippen LogP contribution in [0.5, 0.6) is 11.5 Å². The molecule has 0 bridgehead atoms. The van der Waals surface area contributed by atoms with Gasteiger partial charge in [-0.2, -0.15) is 0 Å². The summed E-state index contributed by atoms with van der Waals surface area (Å²) in [5.41, 5.74) is 6.74. The summed E-state index contributed by atoms with van der Waals surface area (Å²) in [7, 11) is 0. The van der Waals surface area contributed by atoms with Crippen molar-refractivity contribution in [2.45, 2.75) is 12.5 Å². The Morgan fingerprint density at radius 3 is 2.00 bits per heavy atom. The number of anilines is 1. The number of urea groups is 1. The SMILES string of the molecule is NC(=O)N[C@H](Cc1ccccc1)C(=O)Nc1ccc(Oc2ccccc2)cc1. The molecule has 0 aliphatic rings. The first-order valence-corrected chi connectivity index (χ1v) is 8.84. The first-order valence-electron chi connectivity index (χ1n) is 8.84. The van der Waals surface area contributed by atoms with Gasteiger partial charge in [0.25, 0.3) is 0 Å². The van der Waals surface area contributed by atoms with Crippen LogP contribution in [-0.4, -0.2) is 18.0 Å². The highest BCUT2D eigenvalue weighted by Gasteiger charge is 2.20. The van der Waals surface area contributed by atoms with Gasteiger partial charge in [-0.3, -0.25) is 4.79 Å². The normalized spacial score (nSPS) is 11.3. The molecule has 1 atom stereocenters. The Kier molecular flexibility index (Phi) is 6.25. The molecule has 0 aliphatic carbocycles. The quantitative estimate of drug-likeness (QED) is 0.588. The lowest BCUT2D eigenvalue weighted by atomic mass is 10.1. The molecule has 142 valence electrons. The molecule has 0 saturated carbocycles. The Labute approximate surface area is 163 Å². The standard InChI is InChI=1S/C22H21N3O3/c23-22(27)25-20(15-16-7-3-1-4-8-16)21(26)24-17-11-13-19(14-12-17)28-18-9-5-2-6-10-18/h1-14,20H,15H2,(H,24,26)(H3,23,25,27)/t20-/m1/s1. The van der Waals surface area contributed by atoms with Crippen LogP contribution in [0.3, 0.4) is 0 Å². The lowest BCUT2D eigenvalue weighted by Crippen LogP contribution is -2.47. The summed E-state index contributed by atoms with van der Waals surface area (Å²) in [4.78, 5) is 23.9. The molecular weight excluding hydrogens is 354 g/mol. The summed E-state index contributed by atoms with van der Waals surface area (Å²) in [6.45, 7) is 0. The van der Waals surface area contributed by atoms with E-state index >= 15 is 0 Å². The Balaban J connectivity index is 1.64. The van der Waals surface area contributed by atoms with Gasteiger partial charge in [-0.15, -0.1) is 0 Å². The highest BCUT2D eigenvalue weighted by molar-refractivity contribution is 5.97. The van der Waals surface area contributed by atoms with Crippen LogP contribution in [0.25, 0.3) is 0 Å². The minimum absolute atomic E-state index is 0.338. The highest BCUT2D eigenvalue weighted by Crippen LogP contribution is 2.22. The topological polar surface area (TPSA) is 93.5 Å². The lowest BCUT2D eigenvalue weighted by molar-refractivity contribution is -0.117. The van der Waals surface area contributed by atoms with Gasteiger partial charge < -0.3 is 21.1 Å². The number of primary amides is 1. The van der Waals surface area contributed by atoms with Crippen LogP contribution in [0.4, 0.5) is 10.5 Å². The van der Waals surface area contributed by atoms with E-state index in [2.05, 4.69) is 10.6 Å². The van der Waals surface area contributed by atoms with Gasteiger partial charge in [-0.25, -0.2) is 4.79 Å². The minimum Gasteiger partial charge on any atom is -0.457 e. The van der Waals surface area contributed by atoms with E-state index in [1.807, 2.05) is 60.7 Å². The number of para-hydroxylation sites is 1. The van der Waals surface area contributed by atoms with Gasteiger partial charge in [0.05, 0.1) is 0 Å². The average Bonchev–Trinajstić information content (AvgIpc) is 2.70. The average molecular weight is 375 g/mol. The number of hydrogen-bond donors (Lipinski definition) is 3. The zero-order valence-electron chi connectivity index (χ0n) is 15.2. The maximum absolute atomic E-state index is 12.6. The molecule has 4 N–H and O–H groups in total. The van der Waals surface area contributed by atoms with E-state index in [0.717, 1.165) is 11.3 Å². The van der Waals surface area contributed by atoms with Crippen LogP contribution in [0, 0.1) is 0 Å². The summed E-state index contributed by atoms with van der Waals surface area (Å²) >= 11 is 0. The number of ether oxygens (including phenoxy) is 1. The summed E-state index contributed by atoms with van der Waals surface area (Å²) in [5.74, 6) is 1.03. The lowest BCUT2D eigenvalue weighted by Gasteiger charge is -2.17. The number of hydrogen-bond acceptors (Lipinski definition) is 3. The maximum Gasteiger partial charge on any atom is 0.312 e. The van der Waals surface area contributed by atoms with Crippen molar-refractivity contribution in [3.8, 4) is 11.5 Å². The fourth-order valence-electron chi connectivity index (χ4n) is 2.69. The molecule has 28 heavy (non-hydrogen) atoms. The van der Waals surface area contributed by atoms with Crippen LogP contribution >= 0.6 is 0 Å². The summed E-state index contributed by atoms with van der Waals surface area (Å²) in [5, 5.41) is 5.29. The Morgan fingerprint density at radius 1 is 0.821 bits per heavy atom. The molecule has 0 spiro atoms. The first kappa shape index (κ1) is 19.0. The van der Waals surface area contributed by atoms with Gasteiger partial charge in [0.15, 0.2) is 0 Å². The highest BCUT2D eigenvalue weighted by atomic mass is 16.5. The van der Waals surface area contributed by atoms with Crippen molar-refractivity contribution in [1.29, 1.82) is 0 Å². The Hall–Kier alpha value is -3.80. The van der Waals surface area contributed by atoms with Crippen molar-refractivity contribution in [3.63, 3.8) is 0 Å². The van der Waals surface area contributed by atoms with E-state index < -0.39 is 12.1 Å². The third kappa shape index (κ3) is 5.60. The zero-order chi connectivity index (χ0) is 19.8. The molecule has 3 aromatic rings. The molecule has 0 aromatic heterocycles. The number of nitrogens with one attached hydrogen (secondary N) is 2. The van der Waals surface area contributed by atoms with Crippen molar-refractivity contribution in [2.24, 2.45) is 5.73 Å². The smallest absolute Gasteiger partial charge is 0.312 e. The summed E-state index contributed by atoms with van der Waals surface area (Å²) < 4.78 is 5.73. The second-order valence-electron chi connectivity index (χ2n) is 6.18. The van der Waals surface area contributed by atoms with Gasteiger partial charge in [0, 0.05) is 12.1 Å². The van der Waals surface area contributed by atoms with Crippen molar-refractivity contribution in [3.05, 3.63) is 90.5 Å². The van der Waals surface area contributed by atoms with E-state index in [9.17, 15) is 9.59 Å². The predicted octanol–water partition coefficient (Wildman–Crippen LogP) is 3.70. The molecule has 0 fully saturated rings. The van der Waals surface area contributed by atoms with Crippen LogP contribution in [0.1, 0.15) is 5.56 Å². The molecule has 0 unspecified atom stereocenters. The molecule has 3 amide bonds. The van der Waals surface area contributed by atoms with Gasteiger partial charge in [0.1, 0.15) is 17.5 Å². The second-order valence-corrected chi connectivity index (χ2v) is 6.18. The molecule has 3 aromatic carbocycles. The van der Waals surface area contributed by atoms with E-state index in [1.165, 1.54) is 0 Å². The number of carbonyl (C=O) groups is 2. The van der Waals surface area contributed by atoms with E-state index in [0.29, 0.717) is 17.9 Å². The van der Waals surface area contributed by atoms with Crippen molar-refractivity contribution >= 4 is 17.6 Å². The van der Waals surface area contributed by atoms with Gasteiger partial charge in [-0.1, -0.05) is 48.5 Å². The zero-order valence-corrected chi connectivity index (χ0v) is 15.2. The van der Waals surface area contributed by atoms with Crippen molar-refractivity contribution in [2.75, 3.05) is 5.32 Å². The molecule has 3 rings (SSSR count). The Bertz CT molecular complexity index is 913. The van der Waals surface area contributed by atoms with Crippen molar-refractivity contribution < 1.29 is 14.3 Å². The molecule has 0 aliphatic heterocycles. The number of rotatable bonds is 7. The number of benzene rings is 3. The summed E-state index contributed by atoms with van der Waals surface area (Å²) in [6.07, 6.45) is 0.338. The van der Waals surface area contributed by atoms with Crippen LogP contribution in [-0.2, 0) is 11.2 Å². The first-order chi connectivity index (χ1) is 13.6. The number of nitrogens with two attached hydrogens (primary N) is 1. The van der Waals surface area contributed by atoms with Crippen LogP contribution in [0.2, 0.25) is 0 Å². The molecule has 6 heteroatoms. The third-order valence-corrected chi connectivity index (χ3v) is 4.02. The third-order valence-electron chi connectivity index (χ3n) is 4.02. The van der Waals surface area contributed by atoms with Gasteiger partial charge in [-0.05, 0) is 42.0 Å². The number of carbonyl (C=O) groups excluding carboxylic acids is 2. The molecule has 0 radical (unpaired) electrons. The second kappa shape index (κ2) is 9.23. The van der Waals surface area contributed by atoms with E-state index in [-0.39, 0.29) is 5.91 Å². The largest absolute Gasteiger partial charge is 0.457 e. The molecular formula is C22H21N3O3. The Morgan fingerprint density at radius 2 is 1.39 bits per heavy atom. The van der Waals surface area contributed by atoms with E-state index in [1.54, 1.807) is 24.3 Å². The van der Waals surface area contributed by atoms with E-state index in [4.69, 9.17) is 10.5 Å². The van der Waals surface area contributed by atoms with Crippen LogP contribution < -0.4 is 21.1 Å². The fraction of sp³-hybridized carbons (Fsp3) is 0.0909. The number of amides is 3. The van der Waals surface area contributed by atoms with Gasteiger partial charge >= 0.3 is 6.03 Å². The maximum atomic E-state index is 12.6. The fourth-order valence-corrected chi connectivity index (χ4v) is 2.69. The van der Waals surface area contributed by atoms with Gasteiger partial charge in [0.2, 0.25) is 5.91 Å².